The summed E-state index contributed by atoms with van der Waals surface area (Å²) in [6, 6.07) is 6.78. The summed E-state index contributed by atoms with van der Waals surface area (Å²) in [6.45, 7) is 0. The van der Waals surface area contributed by atoms with Crippen LogP contribution in [0.15, 0.2) is 35.7 Å². The molecule has 0 unspecified atom stereocenters. The lowest BCUT2D eigenvalue weighted by molar-refractivity contribution is -0.137. The van der Waals surface area contributed by atoms with Gasteiger partial charge in [0.2, 0.25) is 0 Å². The van der Waals surface area contributed by atoms with E-state index in [1.165, 1.54) is 17.4 Å². The summed E-state index contributed by atoms with van der Waals surface area (Å²) in [5, 5.41) is 8.53. The number of nitrogens with zero attached hydrogens (tertiary/aromatic N) is 2. The van der Waals surface area contributed by atoms with Gasteiger partial charge >= 0.3 is 6.18 Å². The molecule has 2 aromatic heterocycles. The van der Waals surface area contributed by atoms with Crippen LogP contribution in [0.5, 0.6) is 0 Å². The van der Waals surface area contributed by atoms with Gasteiger partial charge in [-0.15, -0.1) is 11.3 Å². The van der Waals surface area contributed by atoms with Crippen LogP contribution in [0.2, 0.25) is 0 Å². The maximum atomic E-state index is 12.8. The van der Waals surface area contributed by atoms with Crippen molar-refractivity contribution < 1.29 is 13.2 Å². The molecule has 0 bridgehead atoms. The van der Waals surface area contributed by atoms with Crippen LogP contribution in [0.1, 0.15) is 5.56 Å². The van der Waals surface area contributed by atoms with Crippen molar-refractivity contribution in [2.24, 2.45) is 0 Å². The lowest BCUT2D eigenvalue weighted by Gasteiger charge is -2.09. The molecule has 2 heterocycles. The zero-order valence-corrected chi connectivity index (χ0v) is 11.3. The minimum Gasteiger partial charge on any atom is -0.398 e. The Bertz CT molecular complexity index is 762. The number of nitrogen functional groups attached to an aromatic ring is 1. The second-order valence-electron chi connectivity index (χ2n) is 4.28. The predicted molar refractivity (Wildman–Crippen MR) is 74.5 cm³/mol. The first-order valence-electron chi connectivity index (χ1n) is 5.88. The average Bonchev–Trinajstić information content (AvgIpc) is 3.09. The monoisotopic (exact) mass is 310 g/mol. The summed E-state index contributed by atoms with van der Waals surface area (Å²) in [4.78, 5) is 5.05. The molecule has 0 atom stereocenters. The molecule has 0 aliphatic heterocycles. The van der Waals surface area contributed by atoms with Gasteiger partial charge in [0.1, 0.15) is 0 Å². The number of hydrogen-bond donors (Lipinski definition) is 2. The number of H-pyrrole nitrogens is 1. The minimum absolute atomic E-state index is 0.141. The van der Waals surface area contributed by atoms with E-state index < -0.39 is 11.7 Å². The average molecular weight is 310 g/mol. The normalized spacial score (nSPS) is 11.8. The van der Waals surface area contributed by atoms with Gasteiger partial charge in [-0.1, -0.05) is 6.07 Å². The van der Waals surface area contributed by atoms with Crippen molar-refractivity contribution >= 4 is 17.0 Å². The fourth-order valence-electron chi connectivity index (χ4n) is 1.83. The van der Waals surface area contributed by atoms with Crippen molar-refractivity contribution in [2.45, 2.75) is 6.18 Å². The topological polar surface area (TPSA) is 67.6 Å². The third-order valence-electron chi connectivity index (χ3n) is 2.86. The van der Waals surface area contributed by atoms with Crippen molar-refractivity contribution in [1.82, 2.24) is 15.2 Å². The van der Waals surface area contributed by atoms with E-state index in [0.717, 1.165) is 17.0 Å². The zero-order valence-electron chi connectivity index (χ0n) is 10.5. The highest BCUT2D eigenvalue weighted by Gasteiger charge is 2.31. The molecule has 3 N–H and O–H groups in total. The molecule has 0 aliphatic carbocycles. The Morgan fingerprint density at radius 3 is 2.67 bits per heavy atom. The van der Waals surface area contributed by atoms with E-state index in [0.29, 0.717) is 5.82 Å². The van der Waals surface area contributed by atoms with Gasteiger partial charge in [0.25, 0.3) is 0 Å². The fourth-order valence-corrected chi connectivity index (χ4v) is 2.50. The predicted octanol–water partition coefficient (Wildman–Crippen LogP) is 3.80. The Labute approximate surface area is 121 Å². The first-order valence-corrected chi connectivity index (χ1v) is 6.76. The molecule has 1 aromatic carbocycles. The number of aromatic amines is 1. The Hall–Kier alpha value is -2.35. The molecular weight excluding hydrogens is 301 g/mol. The largest absolute Gasteiger partial charge is 0.416 e. The molecule has 0 spiro atoms. The fraction of sp³-hybridized carbons (Fsp3) is 0.0769. The lowest BCUT2D eigenvalue weighted by atomic mass is 10.1. The number of aromatic nitrogens is 3. The summed E-state index contributed by atoms with van der Waals surface area (Å²) in [5.74, 6) is 0.638. The van der Waals surface area contributed by atoms with Crippen LogP contribution in [0.4, 0.5) is 18.9 Å². The van der Waals surface area contributed by atoms with Crippen LogP contribution < -0.4 is 5.73 Å². The van der Waals surface area contributed by atoms with Crippen LogP contribution in [-0.4, -0.2) is 15.2 Å². The van der Waals surface area contributed by atoms with E-state index in [1.54, 1.807) is 0 Å². The summed E-state index contributed by atoms with van der Waals surface area (Å²) >= 11 is 1.45. The summed E-state index contributed by atoms with van der Waals surface area (Å²) in [6.07, 6.45) is -4.44. The van der Waals surface area contributed by atoms with E-state index in [2.05, 4.69) is 15.2 Å². The number of thiophene rings is 1. The number of rotatable bonds is 2. The Kier molecular flexibility index (Phi) is 3.17. The molecule has 108 valence electrons. The lowest BCUT2D eigenvalue weighted by Crippen LogP contribution is -2.06. The molecule has 0 radical (unpaired) electrons. The second kappa shape index (κ2) is 4.88. The van der Waals surface area contributed by atoms with Crippen LogP contribution >= 0.6 is 11.3 Å². The summed E-state index contributed by atoms with van der Waals surface area (Å²) in [7, 11) is 0. The molecule has 0 amide bonds. The Balaban J connectivity index is 2.04. The van der Waals surface area contributed by atoms with Crippen molar-refractivity contribution in [3.63, 3.8) is 0 Å². The third-order valence-corrected chi connectivity index (χ3v) is 3.74. The SMILES string of the molecule is Nc1ccc(C(F)(F)F)cc1-c1n[nH]c(-c2cccs2)n1. The van der Waals surface area contributed by atoms with Gasteiger partial charge in [0, 0.05) is 11.3 Å². The van der Waals surface area contributed by atoms with Crippen molar-refractivity contribution in [3.05, 3.63) is 41.3 Å². The molecule has 21 heavy (non-hydrogen) atoms. The molecule has 0 fully saturated rings. The van der Waals surface area contributed by atoms with E-state index in [4.69, 9.17) is 5.73 Å². The van der Waals surface area contributed by atoms with E-state index >= 15 is 0 Å². The van der Waals surface area contributed by atoms with E-state index in [9.17, 15) is 13.2 Å². The molecular formula is C13H9F3N4S. The van der Waals surface area contributed by atoms with Crippen molar-refractivity contribution in [3.8, 4) is 22.1 Å². The third kappa shape index (κ3) is 2.62. The van der Waals surface area contributed by atoms with Gasteiger partial charge in [0.05, 0.1) is 10.4 Å². The summed E-state index contributed by atoms with van der Waals surface area (Å²) in [5.41, 5.74) is 5.30. The highest BCUT2D eigenvalue weighted by Crippen LogP contribution is 2.34. The zero-order chi connectivity index (χ0) is 15.0. The second-order valence-corrected chi connectivity index (χ2v) is 5.23. The molecule has 0 aliphatic rings. The number of halogens is 3. The number of alkyl halides is 3. The molecule has 3 aromatic rings. The highest BCUT2D eigenvalue weighted by molar-refractivity contribution is 7.13. The van der Waals surface area contributed by atoms with Gasteiger partial charge < -0.3 is 5.73 Å². The summed E-state index contributed by atoms with van der Waals surface area (Å²) < 4.78 is 38.3. The molecule has 8 heteroatoms. The number of nitrogens with two attached hydrogens (primary N) is 1. The van der Waals surface area contributed by atoms with Gasteiger partial charge in [-0.2, -0.15) is 18.3 Å². The standard InChI is InChI=1S/C13H9F3N4S/c14-13(15,16)7-3-4-9(17)8(6-7)11-18-12(20-19-11)10-2-1-5-21-10/h1-6H,17H2,(H,18,19,20). The number of hydrogen-bond acceptors (Lipinski definition) is 4. The van der Waals surface area contributed by atoms with Crippen molar-refractivity contribution in [2.75, 3.05) is 5.73 Å². The van der Waals surface area contributed by atoms with Crippen LogP contribution in [0.3, 0.4) is 0 Å². The Morgan fingerprint density at radius 2 is 2.00 bits per heavy atom. The maximum absolute atomic E-state index is 12.8. The Morgan fingerprint density at radius 1 is 1.19 bits per heavy atom. The first kappa shape index (κ1) is 13.6. The van der Waals surface area contributed by atoms with Gasteiger partial charge in [-0.25, -0.2) is 4.98 Å². The molecule has 4 nitrogen and oxygen atoms in total. The van der Waals surface area contributed by atoms with E-state index in [-0.39, 0.29) is 17.1 Å². The van der Waals surface area contributed by atoms with Crippen LogP contribution in [0, 0.1) is 0 Å². The quantitative estimate of drug-likeness (QED) is 0.707. The van der Waals surface area contributed by atoms with Crippen LogP contribution in [0.25, 0.3) is 22.1 Å². The van der Waals surface area contributed by atoms with Crippen molar-refractivity contribution in [1.29, 1.82) is 0 Å². The van der Waals surface area contributed by atoms with Gasteiger partial charge in [-0.05, 0) is 29.6 Å². The number of benzene rings is 1. The van der Waals surface area contributed by atoms with Crippen LogP contribution in [-0.2, 0) is 6.18 Å². The molecule has 0 saturated carbocycles. The smallest absolute Gasteiger partial charge is 0.398 e. The van der Waals surface area contributed by atoms with E-state index in [1.807, 2.05) is 17.5 Å². The highest BCUT2D eigenvalue weighted by atomic mass is 32.1. The number of anilines is 1. The molecule has 3 rings (SSSR count). The first-order chi connectivity index (χ1) is 9.95. The minimum atomic E-state index is -4.44. The number of nitrogens with one attached hydrogen (secondary N) is 1. The maximum Gasteiger partial charge on any atom is 0.416 e. The van der Waals surface area contributed by atoms with Gasteiger partial charge in [0.15, 0.2) is 11.6 Å². The van der Waals surface area contributed by atoms with Gasteiger partial charge in [-0.3, -0.25) is 5.10 Å². The molecule has 0 saturated heterocycles.